The third kappa shape index (κ3) is 1.95. The van der Waals surface area contributed by atoms with Crippen molar-refractivity contribution in [3.63, 3.8) is 0 Å². The van der Waals surface area contributed by atoms with Gasteiger partial charge in [-0.25, -0.2) is 0 Å². The molecule has 0 unspecified atom stereocenters. The smallest absolute Gasteiger partial charge is 0.0694 e. The van der Waals surface area contributed by atoms with Crippen molar-refractivity contribution in [1.82, 2.24) is 4.98 Å². The molecule has 0 atom stereocenters. The average molecular weight is 237 g/mol. The summed E-state index contributed by atoms with van der Waals surface area (Å²) in [4.78, 5) is 3.37. The quantitative estimate of drug-likeness (QED) is 0.842. The van der Waals surface area contributed by atoms with Crippen LogP contribution in [0.4, 0.5) is 0 Å². The van der Waals surface area contributed by atoms with Crippen LogP contribution in [0.3, 0.4) is 0 Å². The Kier molecular flexibility index (Phi) is 3.22. The number of nitrogens with two attached hydrogens (primary N) is 1. The highest BCUT2D eigenvalue weighted by molar-refractivity contribution is 6.36. The summed E-state index contributed by atoms with van der Waals surface area (Å²) >= 11 is 6.36. The molecule has 86 valence electrons. The van der Waals surface area contributed by atoms with E-state index in [0.29, 0.717) is 12.5 Å². The molecule has 2 aromatic rings. The van der Waals surface area contributed by atoms with Crippen LogP contribution in [0.2, 0.25) is 5.02 Å². The topological polar surface area (TPSA) is 41.8 Å². The van der Waals surface area contributed by atoms with Gasteiger partial charge in [-0.1, -0.05) is 31.5 Å². The molecule has 0 aliphatic heterocycles. The highest BCUT2D eigenvalue weighted by Gasteiger charge is 2.12. The first-order valence-electron chi connectivity index (χ1n) is 5.63. The third-order valence-corrected chi connectivity index (χ3v) is 3.24. The molecule has 0 aliphatic rings. The largest absolute Gasteiger partial charge is 0.357 e. The van der Waals surface area contributed by atoms with Crippen LogP contribution in [-0.2, 0) is 6.42 Å². The van der Waals surface area contributed by atoms with Crippen molar-refractivity contribution >= 4 is 22.5 Å². The monoisotopic (exact) mass is 236 g/mol. The van der Waals surface area contributed by atoms with Gasteiger partial charge in [0.1, 0.15) is 0 Å². The van der Waals surface area contributed by atoms with Crippen molar-refractivity contribution in [3.8, 4) is 0 Å². The van der Waals surface area contributed by atoms with Gasteiger partial charge in [0.15, 0.2) is 0 Å². The molecule has 0 saturated carbocycles. The fourth-order valence-corrected chi connectivity index (χ4v) is 2.37. The van der Waals surface area contributed by atoms with E-state index in [4.69, 9.17) is 17.3 Å². The van der Waals surface area contributed by atoms with E-state index in [1.54, 1.807) is 0 Å². The van der Waals surface area contributed by atoms with E-state index in [9.17, 15) is 0 Å². The summed E-state index contributed by atoms with van der Waals surface area (Å²) in [6, 6.07) is 6.32. The molecule has 0 saturated heterocycles. The Bertz CT molecular complexity index is 500. The molecule has 0 radical (unpaired) electrons. The third-order valence-electron chi connectivity index (χ3n) is 2.84. The number of nitrogens with one attached hydrogen (secondary N) is 1. The zero-order valence-corrected chi connectivity index (χ0v) is 10.4. The molecule has 16 heavy (non-hydrogen) atoms. The number of hydrogen-bond donors (Lipinski definition) is 2. The molecule has 1 heterocycles. The van der Waals surface area contributed by atoms with Crippen molar-refractivity contribution in [3.05, 3.63) is 34.5 Å². The van der Waals surface area contributed by atoms with Crippen LogP contribution in [0.25, 0.3) is 10.9 Å². The first kappa shape index (κ1) is 11.5. The Hall–Kier alpha value is -0.990. The van der Waals surface area contributed by atoms with E-state index in [2.05, 4.69) is 37.0 Å². The lowest BCUT2D eigenvalue weighted by Crippen LogP contribution is -2.02. The number of H-pyrrole nitrogens is 1. The SMILES string of the molecule is CC(C)c1[nH]c2ccc(CCN)cc2c1Cl. The maximum atomic E-state index is 6.36. The summed E-state index contributed by atoms with van der Waals surface area (Å²) in [6.07, 6.45) is 0.897. The van der Waals surface area contributed by atoms with Crippen molar-refractivity contribution in [2.75, 3.05) is 6.54 Å². The first-order valence-corrected chi connectivity index (χ1v) is 6.01. The lowest BCUT2D eigenvalue weighted by atomic mass is 10.1. The molecule has 3 N–H and O–H groups in total. The van der Waals surface area contributed by atoms with Crippen molar-refractivity contribution in [2.24, 2.45) is 5.73 Å². The molecule has 0 aliphatic carbocycles. The number of rotatable bonds is 3. The molecule has 1 aromatic carbocycles. The summed E-state index contributed by atoms with van der Waals surface area (Å²) in [5.74, 6) is 0.415. The number of benzene rings is 1. The predicted molar refractivity (Wildman–Crippen MR) is 70.2 cm³/mol. The van der Waals surface area contributed by atoms with Gasteiger partial charge in [0, 0.05) is 16.6 Å². The molecule has 0 amide bonds. The predicted octanol–water partition coefficient (Wildman–Crippen LogP) is 3.45. The number of aromatic amines is 1. The van der Waals surface area contributed by atoms with E-state index in [1.165, 1.54) is 5.56 Å². The lowest BCUT2D eigenvalue weighted by molar-refractivity contribution is 0.837. The Morgan fingerprint density at radius 1 is 1.38 bits per heavy atom. The average Bonchev–Trinajstić information content (AvgIpc) is 2.57. The van der Waals surface area contributed by atoms with Crippen molar-refractivity contribution < 1.29 is 0 Å². The van der Waals surface area contributed by atoms with Gasteiger partial charge in [-0.2, -0.15) is 0 Å². The molecular formula is C13H17ClN2. The Morgan fingerprint density at radius 2 is 2.12 bits per heavy atom. The van der Waals surface area contributed by atoms with E-state index >= 15 is 0 Å². The molecule has 1 aromatic heterocycles. The molecule has 2 rings (SSSR count). The maximum absolute atomic E-state index is 6.36. The Balaban J connectivity index is 2.55. The maximum Gasteiger partial charge on any atom is 0.0694 e. The minimum Gasteiger partial charge on any atom is -0.357 e. The van der Waals surface area contributed by atoms with Crippen LogP contribution in [-0.4, -0.2) is 11.5 Å². The van der Waals surface area contributed by atoms with Crippen molar-refractivity contribution in [2.45, 2.75) is 26.2 Å². The number of hydrogen-bond acceptors (Lipinski definition) is 1. The standard InChI is InChI=1S/C13H17ClN2/c1-8(2)13-12(14)10-7-9(5-6-15)3-4-11(10)16-13/h3-4,7-8,16H,5-6,15H2,1-2H3. The van der Waals surface area contributed by atoms with Crippen LogP contribution in [0.5, 0.6) is 0 Å². The van der Waals surface area contributed by atoms with Gasteiger partial charge in [-0.3, -0.25) is 0 Å². The summed E-state index contributed by atoms with van der Waals surface area (Å²) in [6.45, 7) is 4.94. The number of fused-ring (bicyclic) bond motifs is 1. The van der Waals surface area contributed by atoms with E-state index in [0.717, 1.165) is 28.0 Å². The van der Waals surface area contributed by atoms with Gasteiger partial charge in [0.05, 0.1) is 5.02 Å². The van der Waals surface area contributed by atoms with Crippen LogP contribution in [0.15, 0.2) is 18.2 Å². The van der Waals surface area contributed by atoms with Crippen LogP contribution in [0.1, 0.15) is 31.0 Å². The van der Waals surface area contributed by atoms with Crippen LogP contribution < -0.4 is 5.73 Å². The fourth-order valence-electron chi connectivity index (χ4n) is 1.95. The normalized spacial score (nSPS) is 11.6. The highest BCUT2D eigenvalue weighted by Crippen LogP contribution is 2.32. The van der Waals surface area contributed by atoms with E-state index in [1.807, 2.05) is 0 Å². The van der Waals surface area contributed by atoms with Gasteiger partial charge in [-0.15, -0.1) is 0 Å². The summed E-state index contributed by atoms with van der Waals surface area (Å²) in [5.41, 5.74) is 9.02. The van der Waals surface area contributed by atoms with E-state index < -0.39 is 0 Å². The minimum atomic E-state index is 0.415. The van der Waals surface area contributed by atoms with Gasteiger partial charge in [0.2, 0.25) is 0 Å². The molecule has 3 heteroatoms. The fraction of sp³-hybridized carbons (Fsp3) is 0.385. The zero-order chi connectivity index (χ0) is 11.7. The van der Waals surface area contributed by atoms with Gasteiger partial charge < -0.3 is 10.7 Å². The second-order valence-electron chi connectivity index (χ2n) is 4.43. The first-order chi connectivity index (χ1) is 7.63. The minimum absolute atomic E-state index is 0.415. The molecule has 0 bridgehead atoms. The lowest BCUT2D eigenvalue weighted by Gasteiger charge is -2.01. The van der Waals surface area contributed by atoms with Gasteiger partial charge in [-0.05, 0) is 36.6 Å². The number of halogens is 1. The van der Waals surface area contributed by atoms with Crippen LogP contribution >= 0.6 is 11.6 Å². The second kappa shape index (κ2) is 4.48. The summed E-state index contributed by atoms with van der Waals surface area (Å²) < 4.78 is 0. The molecule has 0 fully saturated rings. The van der Waals surface area contributed by atoms with Gasteiger partial charge in [0.25, 0.3) is 0 Å². The zero-order valence-electron chi connectivity index (χ0n) is 9.68. The highest BCUT2D eigenvalue weighted by atomic mass is 35.5. The summed E-state index contributed by atoms with van der Waals surface area (Å²) in [5, 5.41) is 1.96. The molecular weight excluding hydrogens is 220 g/mol. The van der Waals surface area contributed by atoms with Gasteiger partial charge >= 0.3 is 0 Å². The molecule has 0 spiro atoms. The second-order valence-corrected chi connectivity index (χ2v) is 4.80. The summed E-state index contributed by atoms with van der Waals surface area (Å²) in [7, 11) is 0. The Labute approximate surface area is 101 Å². The van der Waals surface area contributed by atoms with Crippen molar-refractivity contribution in [1.29, 1.82) is 0 Å². The van der Waals surface area contributed by atoms with E-state index in [-0.39, 0.29) is 0 Å². The molecule has 2 nitrogen and oxygen atoms in total. The Morgan fingerprint density at radius 3 is 2.75 bits per heavy atom. The van der Waals surface area contributed by atoms with Crippen LogP contribution in [0, 0.1) is 0 Å². The number of aromatic nitrogens is 1.